The van der Waals surface area contributed by atoms with Crippen molar-refractivity contribution in [2.45, 2.75) is 30.7 Å². The van der Waals surface area contributed by atoms with Gasteiger partial charge in [0.15, 0.2) is 5.03 Å². The molecule has 1 fully saturated rings. The van der Waals surface area contributed by atoms with Crippen molar-refractivity contribution in [3.8, 4) is 0 Å². The SMILES string of the molecule is Cc1nc(S(=O)(=O)N2CCCN(C(=O)CC(c3ccccc3)c3ccccc3)CC2)cn1C. The Hall–Kier alpha value is -2.97. The van der Waals surface area contributed by atoms with E-state index in [0.29, 0.717) is 38.3 Å². The van der Waals surface area contributed by atoms with Crippen LogP contribution >= 0.6 is 0 Å². The van der Waals surface area contributed by atoms with E-state index in [0.717, 1.165) is 11.1 Å². The van der Waals surface area contributed by atoms with E-state index < -0.39 is 10.0 Å². The van der Waals surface area contributed by atoms with Crippen molar-refractivity contribution in [2.24, 2.45) is 7.05 Å². The normalized spacial score (nSPS) is 15.5. The number of nitrogens with zero attached hydrogens (tertiary/aromatic N) is 4. The van der Waals surface area contributed by atoms with Gasteiger partial charge in [-0.25, -0.2) is 13.4 Å². The number of rotatable bonds is 6. The van der Waals surface area contributed by atoms with Crippen LogP contribution in [0.15, 0.2) is 71.9 Å². The maximum Gasteiger partial charge on any atom is 0.262 e. The Kier molecular flexibility index (Phi) is 6.95. The van der Waals surface area contributed by atoms with Crippen molar-refractivity contribution in [1.29, 1.82) is 0 Å². The minimum atomic E-state index is -3.68. The molecule has 1 amide bonds. The molecule has 0 N–H and O–H groups in total. The summed E-state index contributed by atoms with van der Waals surface area (Å²) in [5, 5.41) is 0.0653. The van der Waals surface area contributed by atoms with Crippen LogP contribution in [0.3, 0.4) is 0 Å². The van der Waals surface area contributed by atoms with Gasteiger partial charge in [-0.2, -0.15) is 4.31 Å². The summed E-state index contributed by atoms with van der Waals surface area (Å²) in [7, 11) is -1.90. The average molecular weight is 467 g/mol. The Bertz CT molecular complexity index is 1130. The maximum absolute atomic E-state index is 13.3. The lowest BCUT2D eigenvalue weighted by molar-refractivity contribution is -0.131. The first-order chi connectivity index (χ1) is 15.9. The second-order valence-corrected chi connectivity index (χ2v) is 10.3. The molecule has 4 rings (SSSR count). The van der Waals surface area contributed by atoms with Crippen molar-refractivity contribution in [3.63, 3.8) is 0 Å². The van der Waals surface area contributed by atoms with E-state index in [1.54, 1.807) is 29.6 Å². The molecule has 8 heteroatoms. The number of hydrogen-bond donors (Lipinski definition) is 0. The van der Waals surface area contributed by atoms with Gasteiger partial charge in [0, 0.05) is 51.8 Å². The lowest BCUT2D eigenvalue weighted by atomic mass is 9.88. The fourth-order valence-electron chi connectivity index (χ4n) is 4.27. The largest absolute Gasteiger partial charge is 0.341 e. The quantitative estimate of drug-likeness (QED) is 0.559. The maximum atomic E-state index is 13.3. The molecule has 2 heterocycles. The molecule has 0 unspecified atom stereocenters. The molecule has 174 valence electrons. The predicted molar refractivity (Wildman–Crippen MR) is 127 cm³/mol. The van der Waals surface area contributed by atoms with E-state index in [1.807, 2.05) is 36.4 Å². The molecule has 0 aliphatic carbocycles. The number of sulfonamides is 1. The van der Waals surface area contributed by atoms with Gasteiger partial charge in [-0.05, 0) is 24.5 Å². The summed E-state index contributed by atoms with van der Waals surface area (Å²) >= 11 is 0. The van der Waals surface area contributed by atoms with Crippen molar-refractivity contribution in [3.05, 3.63) is 83.8 Å². The summed E-state index contributed by atoms with van der Waals surface area (Å²) in [6.07, 6.45) is 2.49. The summed E-state index contributed by atoms with van der Waals surface area (Å²) in [5.74, 6) is 0.646. The molecule has 0 atom stereocenters. The Morgan fingerprint density at radius 2 is 1.55 bits per heavy atom. The van der Waals surface area contributed by atoms with Gasteiger partial charge in [0.2, 0.25) is 5.91 Å². The van der Waals surface area contributed by atoms with E-state index >= 15 is 0 Å². The number of hydrogen-bond acceptors (Lipinski definition) is 4. The Labute approximate surface area is 195 Å². The highest BCUT2D eigenvalue weighted by atomic mass is 32.2. The van der Waals surface area contributed by atoms with E-state index in [2.05, 4.69) is 29.2 Å². The van der Waals surface area contributed by atoms with Crippen LogP contribution < -0.4 is 0 Å². The number of benzene rings is 2. The number of carbonyl (C=O) groups is 1. The Morgan fingerprint density at radius 1 is 0.939 bits per heavy atom. The monoisotopic (exact) mass is 466 g/mol. The molecule has 1 aromatic heterocycles. The Morgan fingerprint density at radius 3 is 2.09 bits per heavy atom. The van der Waals surface area contributed by atoms with Crippen molar-refractivity contribution in [2.75, 3.05) is 26.2 Å². The zero-order valence-corrected chi connectivity index (χ0v) is 19.9. The molecule has 1 aliphatic rings. The van der Waals surface area contributed by atoms with E-state index in [-0.39, 0.29) is 23.4 Å². The van der Waals surface area contributed by atoms with Crippen molar-refractivity contribution >= 4 is 15.9 Å². The molecule has 0 saturated carbocycles. The first-order valence-electron chi connectivity index (χ1n) is 11.2. The van der Waals surface area contributed by atoms with E-state index in [9.17, 15) is 13.2 Å². The topological polar surface area (TPSA) is 75.5 Å². The zero-order valence-electron chi connectivity index (χ0n) is 19.1. The number of amides is 1. The highest BCUT2D eigenvalue weighted by molar-refractivity contribution is 7.89. The van der Waals surface area contributed by atoms with E-state index in [1.165, 1.54) is 4.31 Å². The standard InChI is InChI=1S/C25H30N4O3S/c1-20-26-24(19-27(20)2)33(31,32)29-15-9-14-28(16-17-29)25(30)18-23(21-10-5-3-6-11-21)22-12-7-4-8-13-22/h3-8,10-13,19,23H,9,14-18H2,1-2H3. The molecule has 7 nitrogen and oxygen atoms in total. The predicted octanol–water partition coefficient (Wildman–Crippen LogP) is 3.17. The summed E-state index contributed by atoms with van der Waals surface area (Å²) in [4.78, 5) is 19.3. The van der Waals surface area contributed by atoms with Crippen molar-refractivity contribution < 1.29 is 13.2 Å². The Balaban J connectivity index is 1.48. The lowest BCUT2D eigenvalue weighted by Crippen LogP contribution is -2.38. The van der Waals surface area contributed by atoms with Crippen LogP contribution in [0.1, 0.15) is 35.7 Å². The molecular formula is C25H30N4O3S. The highest BCUT2D eigenvalue weighted by Crippen LogP contribution is 2.29. The van der Waals surface area contributed by atoms with Gasteiger partial charge in [-0.3, -0.25) is 4.79 Å². The first kappa shape index (κ1) is 23.2. The van der Waals surface area contributed by atoms with Gasteiger partial charge in [0.05, 0.1) is 0 Å². The van der Waals surface area contributed by atoms with E-state index in [4.69, 9.17) is 0 Å². The van der Waals surface area contributed by atoms with Gasteiger partial charge in [0.25, 0.3) is 10.0 Å². The molecule has 2 aromatic carbocycles. The fourth-order valence-corrected chi connectivity index (χ4v) is 5.76. The van der Waals surface area contributed by atoms with Gasteiger partial charge >= 0.3 is 0 Å². The molecule has 0 bridgehead atoms. The van der Waals surface area contributed by atoms with Gasteiger partial charge in [0.1, 0.15) is 5.82 Å². The van der Waals surface area contributed by atoms with Crippen LogP contribution in [0.2, 0.25) is 0 Å². The number of imidazole rings is 1. The molecule has 3 aromatic rings. The first-order valence-corrected chi connectivity index (χ1v) is 12.7. The van der Waals surface area contributed by atoms with Crippen LogP contribution in [-0.4, -0.2) is 59.3 Å². The molecular weight excluding hydrogens is 436 g/mol. The van der Waals surface area contributed by atoms with Crippen molar-refractivity contribution in [1.82, 2.24) is 18.8 Å². The summed E-state index contributed by atoms with van der Waals surface area (Å²) in [5.41, 5.74) is 2.20. The number of aromatic nitrogens is 2. The van der Waals surface area contributed by atoms with Crippen LogP contribution in [-0.2, 0) is 21.9 Å². The number of carbonyl (C=O) groups excluding carboxylic acids is 1. The summed E-state index contributed by atoms with van der Waals surface area (Å²) in [6.45, 7) is 3.34. The fraction of sp³-hybridized carbons (Fsp3) is 0.360. The number of aryl methyl sites for hydroxylation is 2. The minimum Gasteiger partial charge on any atom is -0.341 e. The van der Waals surface area contributed by atoms with Crippen LogP contribution in [0.25, 0.3) is 0 Å². The lowest BCUT2D eigenvalue weighted by Gasteiger charge is -2.25. The van der Waals surface area contributed by atoms with Crippen LogP contribution in [0, 0.1) is 6.92 Å². The molecule has 1 aliphatic heterocycles. The average Bonchev–Trinajstić information content (AvgIpc) is 3.02. The molecule has 0 spiro atoms. The second-order valence-electron chi connectivity index (χ2n) is 8.45. The van der Waals surface area contributed by atoms with Crippen LogP contribution in [0.5, 0.6) is 0 Å². The summed E-state index contributed by atoms with van der Waals surface area (Å²) in [6, 6.07) is 20.1. The van der Waals surface area contributed by atoms with Crippen LogP contribution in [0.4, 0.5) is 0 Å². The third kappa shape index (κ3) is 5.17. The smallest absolute Gasteiger partial charge is 0.262 e. The third-order valence-corrected chi connectivity index (χ3v) is 8.05. The van der Waals surface area contributed by atoms with Gasteiger partial charge < -0.3 is 9.47 Å². The van der Waals surface area contributed by atoms with Gasteiger partial charge in [-0.1, -0.05) is 60.7 Å². The zero-order chi connectivity index (χ0) is 23.4. The van der Waals surface area contributed by atoms with Gasteiger partial charge in [-0.15, -0.1) is 0 Å². The third-order valence-electron chi connectivity index (χ3n) is 6.28. The molecule has 33 heavy (non-hydrogen) atoms. The second kappa shape index (κ2) is 9.89. The highest BCUT2D eigenvalue weighted by Gasteiger charge is 2.31. The molecule has 0 radical (unpaired) electrons. The summed E-state index contributed by atoms with van der Waals surface area (Å²) < 4.78 is 29.3. The molecule has 1 saturated heterocycles. The minimum absolute atomic E-state index is 0.0421.